The van der Waals surface area contributed by atoms with Gasteiger partial charge in [-0.3, -0.25) is 4.79 Å². The van der Waals surface area contributed by atoms with Gasteiger partial charge in [0.05, 0.1) is 25.7 Å². The summed E-state index contributed by atoms with van der Waals surface area (Å²) in [4.78, 5) is 11.0. The highest BCUT2D eigenvalue weighted by Crippen LogP contribution is 2.37. The van der Waals surface area contributed by atoms with Crippen molar-refractivity contribution in [2.75, 3.05) is 20.8 Å². The van der Waals surface area contributed by atoms with Gasteiger partial charge < -0.3 is 14.2 Å². The summed E-state index contributed by atoms with van der Waals surface area (Å²) < 4.78 is 15.4. The fourth-order valence-electron chi connectivity index (χ4n) is 1.53. The lowest BCUT2D eigenvalue weighted by Crippen LogP contribution is -2.21. The molecular formula is C13H16Br2O4. The Hall–Kier alpha value is -0.750. The van der Waals surface area contributed by atoms with Crippen molar-refractivity contribution >= 4 is 37.8 Å². The maximum absolute atomic E-state index is 11.7. The second-order valence-corrected chi connectivity index (χ2v) is 5.64. The quantitative estimate of drug-likeness (QED) is 0.546. The van der Waals surface area contributed by atoms with Gasteiger partial charge in [0, 0.05) is 0 Å². The summed E-state index contributed by atoms with van der Waals surface area (Å²) in [5.74, 6) is 0.959. The molecule has 0 saturated carbocycles. The molecule has 0 aliphatic rings. The van der Waals surface area contributed by atoms with E-state index in [1.807, 2.05) is 12.1 Å². The number of hydrogen-bond acceptors (Lipinski definition) is 4. The van der Waals surface area contributed by atoms with Crippen LogP contribution < -0.4 is 9.47 Å². The Morgan fingerprint density at radius 1 is 1.21 bits per heavy atom. The fourth-order valence-corrected chi connectivity index (χ4v) is 2.47. The van der Waals surface area contributed by atoms with Crippen molar-refractivity contribution in [1.82, 2.24) is 0 Å². The smallest absolute Gasteiger partial charge is 0.321 e. The summed E-state index contributed by atoms with van der Waals surface area (Å²) in [5, 5.41) is 0. The van der Waals surface area contributed by atoms with E-state index in [1.54, 1.807) is 27.2 Å². The lowest BCUT2D eigenvalue weighted by atomic mass is 10.1. The molecule has 1 rings (SSSR count). The van der Waals surface area contributed by atoms with Crippen molar-refractivity contribution in [3.05, 3.63) is 23.8 Å². The Kier molecular flexibility index (Phi) is 6.65. The van der Waals surface area contributed by atoms with E-state index in [0.717, 1.165) is 5.56 Å². The second kappa shape index (κ2) is 7.75. The molecule has 2 unspecified atom stereocenters. The molecular weight excluding hydrogens is 380 g/mol. The summed E-state index contributed by atoms with van der Waals surface area (Å²) >= 11 is 6.82. The SMILES string of the molecule is CCOC(=O)C(Br)C(Br)c1ccc(OC)c(OC)c1. The van der Waals surface area contributed by atoms with Crippen LogP contribution in [0.3, 0.4) is 0 Å². The van der Waals surface area contributed by atoms with Crippen molar-refractivity contribution < 1.29 is 19.0 Å². The van der Waals surface area contributed by atoms with Crippen LogP contribution in [0.2, 0.25) is 0 Å². The Balaban J connectivity index is 2.93. The lowest BCUT2D eigenvalue weighted by Gasteiger charge is -2.17. The van der Waals surface area contributed by atoms with Crippen LogP contribution in [0.25, 0.3) is 0 Å². The van der Waals surface area contributed by atoms with Gasteiger partial charge in [0.1, 0.15) is 4.83 Å². The monoisotopic (exact) mass is 394 g/mol. The van der Waals surface area contributed by atoms with Crippen LogP contribution in [-0.4, -0.2) is 31.6 Å². The van der Waals surface area contributed by atoms with E-state index < -0.39 is 4.83 Å². The van der Waals surface area contributed by atoms with Crippen molar-refractivity contribution in [1.29, 1.82) is 0 Å². The average Bonchev–Trinajstić information content (AvgIpc) is 2.45. The molecule has 2 atom stereocenters. The van der Waals surface area contributed by atoms with Crippen LogP contribution in [0, 0.1) is 0 Å². The third-order valence-electron chi connectivity index (χ3n) is 2.49. The van der Waals surface area contributed by atoms with Gasteiger partial charge in [-0.2, -0.15) is 0 Å². The molecule has 0 spiro atoms. The zero-order chi connectivity index (χ0) is 14.4. The van der Waals surface area contributed by atoms with E-state index in [4.69, 9.17) is 14.2 Å². The van der Waals surface area contributed by atoms with Crippen molar-refractivity contribution in [2.24, 2.45) is 0 Å². The van der Waals surface area contributed by atoms with Crippen molar-refractivity contribution in [3.8, 4) is 11.5 Å². The van der Waals surface area contributed by atoms with E-state index in [9.17, 15) is 4.79 Å². The largest absolute Gasteiger partial charge is 0.493 e. The van der Waals surface area contributed by atoms with Gasteiger partial charge in [-0.1, -0.05) is 37.9 Å². The average molecular weight is 396 g/mol. The standard InChI is InChI=1S/C13H16Br2O4/c1-4-19-13(16)12(15)11(14)8-5-6-9(17-2)10(7-8)18-3/h5-7,11-12H,4H2,1-3H3. The maximum Gasteiger partial charge on any atom is 0.321 e. The van der Waals surface area contributed by atoms with Crippen LogP contribution in [0.5, 0.6) is 11.5 Å². The third-order valence-corrected chi connectivity index (χ3v) is 5.16. The number of benzene rings is 1. The molecule has 19 heavy (non-hydrogen) atoms. The van der Waals surface area contributed by atoms with E-state index >= 15 is 0 Å². The number of ether oxygens (including phenoxy) is 3. The first-order valence-electron chi connectivity index (χ1n) is 5.71. The molecule has 0 heterocycles. The first-order chi connectivity index (χ1) is 9.04. The van der Waals surface area contributed by atoms with Crippen LogP contribution in [0.1, 0.15) is 17.3 Å². The molecule has 0 bridgehead atoms. The molecule has 1 aromatic rings. The van der Waals surface area contributed by atoms with Crippen molar-refractivity contribution in [3.63, 3.8) is 0 Å². The third kappa shape index (κ3) is 4.11. The fraction of sp³-hybridized carbons (Fsp3) is 0.462. The molecule has 1 aromatic carbocycles. The summed E-state index contributed by atoms with van der Waals surface area (Å²) in [6.45, 7) is 2.13. The molecule has 0 N–H and O–H groups in total. The number of hydrogen-bond donors (Lipinski definition) is 0. The Bertz CT molecular complexity index is 437. The summed E-state index contributed by atoms with van der Waals surface area (Å²) in [6.07, 6.45) is 0. The van der Waals surface area contributed by atoms with Gasteiger partial charge >= 0.3 is 5.97 Å². The van der Waals surface area contributed by atoms with Gasteiger partial charge in [0.25, 0.3) is 0 Å². The van der Waals surface area contributed by atoms with Gasteiger partial charge in [0.15, 0.2) is 11.5 Å². The number of carbonyl (C=O) groups is 1. The topological polar surface area (TPSA) is 44.8 Å². The van der Waals surface area contributed by atoms with E-state index in [0.29, 0.717) is 18.1 Å². The first-order valence-corrected chi connectivity index (χ1v) is 7.55. The van der Waals surface area contributed by atoms with Gasteiger partial charge in [-0.05, 0) is 24.6 Å². The van der Waals surface area contributed by atoms with Crippen LogP contribution >= 0.6 is 31.9 Å². The van der Waals surface area contributed by atoms with E-state index in [1.165, 1.54) is 0 Å². The molecule has 0 aromatic heterocycles. The highest BCUT2D eigenvalue weighted by atomic mass is 79.9. The number of carbonyl (C=O) groups excluding carboxylic acids is 1. The summed E-state index contributed by atoms with van der Waals surface area (Å²) in [7, 11) is 3.15. The minimum Gasteiger partial charge on any atom is -0.493 e. The first kappa shape index (κ1) is 16.3. The molecule has 6 heteroatoms. The summed E-state index contributed by atoms with van der Waals surface area (Å²) in [6, 6.07) is 5.49. The molecule has 106 valence electrons. The molecule has 0 fully saturated rings. The zero-order valence-corrected chi connectivity index (χ0v) is 14.2. The Labute approximate surface area is 129 Å². The van der Waals surface area contributed by atoms with E-state index in [2.05, 4.69) is 31.9 Å². The van der Waals surface area contributed by atoms with Crippen molar-refractivity contribution in [2.45, 2.75) is 16.6 Å². The lowest BCUT2D eigenvalue weighted by molar-refractivity contribution is -0.142. The van der Waals surface area contributed by atoms with Crippen LogP contribution in [0.15, 0.2) is 18.2 Å². The molecule has 0 saturated heterocycles. The van der Waals surface area contributed by atoms with Gasteiger partial charge in [0.2, 0.25) is 0 Å². The number of rotatable bonds is 6. The molecule has 0 amide bonds. The summed E-state index contributed by atoms with van der Waals surface area (Å²) in [5.41, 5.74) is 0.896. The van der Waals surface area contributed by atoms with Gasteiger partial charge in [-0.25, -0.2) is 0 Å². The van der Waals surface area contributed by atoms with E-state index in [-0.39, 0.29) is 10.8 Å². The second-order valence-electron chi connectivity index (χ2n) is 3.67. The molecule has 4 nitrogen and oxygen atoms in total. The zero-order valence-electron chi connectivity index (χ0n) is 11.0. The predicted molar refractivity (Wildman–Crippen MR) is 80.6 cm³/mol. The highest BCUT2D eigenvalue weighted by molar-refractivity contribution is 9.12. The van der Waals surface area contributed by atoms with Gasteiger partial charge in [-0.15, -0.1) is 0 Å². The number of alkyl halides is 2. The molecule has 0 aliphatic carbocycles. The Morgan fingerprint density at radius 3 is 2.37 bits per heavy atom. The highest BCUT2D eigenvalue weighted by Gasteiger charge is 2.27. The van der Waals surface area contributed by atoms with Crippen LogP contribution in [0.4, 0.5) is 0 Å². The normalized spacial score (nSPS) is 13.5. The number of halogens is 2. The molecule has 0 radical (unpaired) electrons. The predicted octanol–water partition coefficient (Wildman–Crippen LogP) is 3.47. The maximum atomic E-state index is 11.7. The Morgan fingerprint density at radius 2 is 1.84 bits per heavy atom. The number of methoxy groups -OCH3 is 2. The minimum absolute atomic E-state index is 0.216. The number of esters is 1. The molecule has 0 aliphatic heterocycles. The minimum atomic E-state index is -0.467. The van der Waals surface area contributed by atoms with Crippen LogP contribution in [-0.2, 0) is 9.53 Å².